The molecule has 3 rings (SSSR count). The minimum atomic E-state index is -3.33. The van der Waals surface area contributed by atoms with E-state index in [-0.39, 0.29) is 18.1 Å². The van der Waals surface area contributed by atoms with E-state index < -0.39 is 15.4 Å². The van der Waals surface area contributed by atoms with Gasteiger partial charge in [0.2, 0.25) is 0 Å². The molecular weight excluding hydrogens is 462 g/mol. The molecule has 3 aromatic rings. The van der Waals surface area contributed by atoms with Crippen molar-refractivity contribution in [2.75, 3.05) is 32.3 Å². The fourth-order valence-electron chi connectivity index (χ4n) is 4.02. The quantitative estimate of drug-likeness (QED) is 0.243. The summed E-state index contributed by atoms with van der Waals surface area (Å²) in [5.74, 6) is 1.36. The van der Waals surface area contributed by atoms with E-state index in [9.17, 15) is 8.42 Å². The van der Waals surface area contributed by atoms with Crippen LogP contribution in [-0.4, -0.2) is 40.7 Å². The van der Waals surface area contributed by atoms with Crippen molar-refractivity contribution in [3.05, 3.63) is 95.6 Å². The number of ether oxygens (including phenoxy) is 3. The second-order valence-corrected chi connectivity index (χ2v) is 10.4. The lowest BCUT2D eigenvalue weighted by Crippen LogP contribution is -2.34. The van der Waals surface area contributed by atoms with E-state index in [1.165, 1.54) is 0 Å². The van der Waals surface area contributed by atoms with E-state index in [0.29, 0.717) is 30.8 Å². The lowest BCUT2D eigenvalue weighted by molar-refractivity contribution is 0.0227. The number of hydrogen-bond donors (Lipinski definition) is 0. The summed E-state index contributed by atoms with van der Waals surface area (Å²) >= 11 is 0. The molecule has 0 unspecified atom stereocenters. The van der Waals surface area contributed by atoms with Crippen molar-refractivity contribution in [3.63, 3.8) is 0 Å². The van der Waals surface area contributed by atoms with Gasteiger partial charge >= 0.3 is 0 Å². The largest absolute Gasteiger partial charge is 0.497 e. The molecule has 0 heterocycles. The van der Waals surface area contributed by atoms with Crippen molar-refractivity contribution in [2.45, 2.75) is 24.9 Å². The Balaban J connectivity index is 2.01. The Labute approximate surface area is 208 Å². The van der Waals surface area contributed by atoms with Gasteiger partial charge in [-0.05, 0) is 53.8 Å². The van der Waals surface area contributed by atoms with Crippen LogP contribution in [0.25, 0.3) is 0 Å². The summed E-state index contributed by atoms with van der Waals surface area (Å²) in [5.41, 5.74) is 1.53. The number of sulfone groups is 1. The molecule has 0 spiro atoms. The number of rotatable bonds is 13. The minimum absolute atomic E-state index is 0.00748. The first-order valence-corrected chi connectivity index (χ1v) is 13.3. The highest BCUT2D eigenvalue weighted by atomic mass is 32.2. The van der Waals surface area contributed by atoms with E-state index in [1.54, 1.807) is 14.2 Å². The summed E-state index contributed by atoms with van der Waals surface area (Å²) < 4.78 is 42.6. The third-order valence-electron chi connectivity index (χ3n) is 5.88. The van der Waals surface area contributed by atoms with Crippen LogP contribution in [0, 0.1) is 11.3 Å². The molecule has 35 heavy (non-hydrogen) atoms. The SMILES string of the molecule is COc1ccc(C(OCCS(=O)(=O)CCCCC#N)(c2ccccc2)c2ccc(OC)cc2)cc1. The van der Waals surface area contributed by atoms with Gasteiger partial charge in [0, 0.05) is 6.42 Å². The molecule has 0 fully saturated rings. The van der Waals surface area contributed by atoms with Gasteiger partial charge in [0.25, 0.3) is 0 Å². The van der Waals surface area contributed by atoms with Gasteiger partial charge in [-0.15, -0.1) is 0 Å². The summed E-state index contributed by atoms with van der Waals surface area (Å²) in [6, 6.07) is 27.0. The van der Waals surface area contributed by atoms with Crippen LogP contribution in [0.5, 0.6) is 11.5 Å². The summed E-state index contributed by atoms with van der Waals surface area (Å²) in [4.78, 5) is 0. The fourth-order valence-corrected chi connectivity index (χ4v) is 5.21. The van der Waals surface area contributed by atoms with Crippen molar-refractivity contribution < 1.29 is 22.6 Å². The maximum absolute atomic E-state index is 12.7. The van der Waals surface area contributed by atoms with E-state index in [4.69, 9.17) is 19.5 Å². The minimum Gasteiger partial charge on any atom is -0.497 e. The van der Waals surface area contributed by atoms with Crippen LogP contribution in [0.4, 0.5) is 0 Å². The second kappa shape index (κ2) is 12.4. The smallest absolute Gasteiger partial charge is 0.152 e. The summed E-state index contributed by atoms with van der Waals surface area (Å²) in [6.45, 7) is 0.00748. The molecule has 0 atom stereocenters. The van der Waals surface area contributed by atoms with Gasteiger partial charge in [-0.3, -0.25) is 0 Å². The highest BCUT2D eigenvalue weighted by Crippen LogP contribution is 2.41. The van der Waals surface area contributed by atoms with Crippen LogP contribution in [0.1, 0.15) is 36.0 Å². The van der Waals surface area contributed by atoms with Crippen LogP contribution in [0.3, 0.4) is 0 Å². The zero-order valence-corrected chi connectivity index (χ0v) is 21.0. The number of benzene rings is 3. The van der Waals surface area contributed by atoms with Gasteiger partial charge in [-0.25, -0.2) is 8.42 Å². The monoisotopic (exact) mass is 493 g/mol. The average molecular weight is 494 g/mol. The van der Waals surface area contributed by atoms with E-state index in [1.807, 2.05) is 78.9 Å². The molecule has 0 radical (unpaired) electrons. The highest BCUT2D eigenvalue weighted by molar-refractivity contribution is 7.91. The predicted octanol–water partition coefficient (Wildman–Crippen LogP) is 5.12. The normalized spacial score (nSPS) is 11.6. The summed E-state index contributed by atoms with van der Waals surface area (Å²) in [7, 11) is -0.103. The molecule has 0 aliphatic carbocycles. The van der Waals surface area contributed by atoms with Gasteiger partial charge in [0.15, 0.2) is 9.84 Å². The topological polar surface area (TPSA) is 85.6 Å². The van der Waals surface area contributed by atoms with Gasteiger partial charge in [-0.1, -0.05) is 54.6 Å². The molecule has 0 aromatic heterocycles. The second-order valence-electron chi connectivity index (χ2n) is 8.12. The molecule has 3 aromatic carbocycles. The first-order chi connectivity index (χ1) is 16.9. The number of nitrogens with zero attached hydrogens (tertiary/aromatic N) is 1. The molecule has 0 saturated heterocycles. The van der Waals surface area contributed by atoms with E-state index in [2.05, 4.69) is 6.07 Å². The fraction of sp³-hybridized carbons (Fsp3) is 0.321. The van der Waals surface area contributed by atoms with Gasteiger partial charge in [-0.2, -0.15) is 5.26 Å². The molecule has 6 nitrogen and oxygen atoms in total. The highest BCUT2D eigenvalue weighted by Gasteiger charge is 2.38. The van der Waals surface area contributed by atoms with Crippen molar-refractivity contribution in [3.8, 4) is 17.6 Å². The van der Waals surface area contributed by atoms with Crippen LogP contribution >= 0.6 is 0 Å². The molecule has 0 aliphatic heterocycles. The first kappa shape index (κ1) is 26.3. The Morgan fingerprint density at radius 3 is 1.74 bits per heavy atom. The Hall–Kier alpha value is -3.34. The summed E-state index contributed by atoms with van der Waals surface area (Å²) in [6.07, 6.45) is 1.40. The molecule has 0 aliphatic rings. The van der Waals surface area contributed by atoms with Crippen LogP contribution in [0.2, 0.25) is 0 Å². The Morgan fingerprint density at radius 1 is 0.743 bits per heavy atom. The predicted molar refractivity (Wildman–Crippen MR) is 136 cm³/mol. The molecular formula is C28H31NO5S. The van der Waals surface area contributed by atoms with Crippen LogP contribution < -0.4 is 9.47 Å². The van der Waals surface area contributed by atoms with Crippen molar-refractivity contribution in [1.29, 1.82) is 5.26 Å². The number of nitriles is 1. The van der Waals surface area contributed by atoms with Gasteiger partial charge in [0.1, 0.15) is 17.1 Å². The standard InChI is InChI=1S/C28H31NO5S/c1-32-26-15-11-24(12-16-26)28(23-9-5-3-6-10-23,25-13-17-27(33-2)18-14-25)34-20-22-35(30,31)21-8-4-7-19-29/h3,5-6,9-18H,4,7-8,20-22H2,1-2H3. The summed E-state index contributed by atoms with van der Waals surface area (Å²) in [5, 5.41) is 8.68. The van der Waals surface area contributed by atoms with E-state index in [0.717, 1.165) is 16.7 Å². The lowest BCUT2D eigenvalue weighted by atomic mass is 9.80. The molecule has 0 amide bonds. The molecule has 0 saturated carbocycles. The number of unbranched alkanes of at least 4 members (excludes halogenated alkanes) is 2. The van der Waals surface area contributed by atoms with Crippen molar-refractivity contribution >= 4 is 9.84 Å². The zero-order valence-electron chi connectivity index (χ0n) is 20.1. The Bertz CT molecular complexity index is 1150. The van der Waals surface area contributed by atoms with Gasteiger partial charge < -0.3 is 14.2 Å². The lowest BCUT2D eigenvalue weighted by Gasteiger charge is -2.36. The van der Waals surface area contributed by atoms with Crippen LogP contribution in [-0.2, 0) is 20.2 Å². The van der Waals surface area contributed by atoms with Gasteiger partial charge in [0.05, 0.1) is 38.4 Å². The maximum Gasteiger partial charge on any atom is 0.152 e. The number of hydrogen-bond acceptors (Lipinski definition) is 6. The Kier molecular flexibility index (Phi) is 9.30. The molecule has 7 heteroatoms. The zero-order chi connectivity index (χ0) is 25.2. The third-order valence-corrected chi connectivity index (χ3v) is 7.58. The van der Waals surface area contributed by atoms with E-state index >= 15 is 0 Å². The maximum atomic E-state index is 12.7. The average Bonchev–Trinajstić information content (AvgIpc) is 2.90. The van der Waals surface area contributed by atoms with Crippen molar-refractivity contribution in [2.24, 2.45) is 0 Å². The first-order valence-electron chi connectivity index (χ1n) is 11.5. The third kappa shape index (κ3) is 6.62. The molecule has 0 N–H and O–H groups in total. The molecule has 0 bridgehead atoms. The van der Waals surface area contributed by atoms with Crippen molar-refractivity contribution in [1.82, 2.24) is 0 Å². The number of methoxy groups -OCH3 is 2. The van der Waals surface area contributed by atoms with Crippen LogP contribution in [0.15, 0.2) is 78.9 Å². The molecule has 184 valence electrons. The Morgan fingerprint density at radius 2 is 1.26 bits per heavy atom.